The molecular weight excluding hydrogens is 473 g/mol. The Morgan fingerprint density at radius 1 is 1.35 bits per heavy atom. The minimum absolute atomic E-state index is 0.0197. The zero-order chi connectivity index (χ0) is 20.1. The van der Waals surface area contributed by atoms with Crippen LogP contribution in [-0.2, 0) is 24.3 Å². The molecule has 0 amide bonds. The molecule has 0 spiro atoms. The Kier molecular flexibility index (Phi) is 8.05. The van der Waals surface area contributed by atoms with Crippen LogP contribution >= 0.6 is 39.1 Å². The van der Waals surface area contributed by atoms with Gasteiger partial charge >= 0.3 is 5.97 Å². The van der Waals surface area contributed by atoms with Crippen LogP contribution in [0.25, 0.3) is 0 Å². The maximum absolute atomic E-state index is 12.2. The lowest BCUT2D eigenvalue weighted by Crippen LogP contribution is -2.32. The highest BCUT2D eigenvalue weighted by atomic mass is 79.9. The molecule has 0 aliphatic carbocycles. The second-order valence-corrected chi connectivity index (χ2v) is 8.21. The van der Waals surface area contributed by atoms with Crippen molar-refractivity contribution in [1.82, 2.24) is 4.72 Å². The number of hydrogen-bond acceptors (Lipinski definition) is 7. The number of hydrogen-bond donors (Lipinski definition) is 2. The van der Waals surface area contributed by atoms with Crippen LogP contribution in [0.4, 0.5) is 0 Å². The quantitative estimate of drug-likeness (QED) is 0.342. The van der Waals surface area contributed by atoms with E-state index in [1.165, 1.54) is 19.1 Å². The minimum Gasteiger partial charge on any atom is -0.456 e. The first-order chi connectivity index (χ1) is 12.0. The summed E-state index contributed by atoms with van der Waals surface area (Å²) in [6.45, 7) is -0.179. The molecule has 8 nitrogen and oxygen atoms in total. The van der Waals surface area contributed by atoms with E-state index in [1.807, 2.05) is 4.72 Å². The first-order valence-corrected chi connectivity index (χ1v) is 9.72. The number of halogens is 3. The molecule has 0 aliphatic rings. The number of allylic oxidation sites excluding steroid dienone is 1. The Morgan fingerprint density at radius 2 is 1.88 bits per heavy atom. The van der Waals surface area contributed by atoms with Crippen molar-refractivity contribution >= 4 is 60.9 Å². The van der Waals surface area contributed by atoms with Crippen LogP contribution < -0.4 is 10.5 Å². The van der Waals surface area contributed by atoms with E-state index in [0.29, 0.717) is 4.47 Å². The summed E-state index contributed by atoms with van der Waals surface area (Å²) >= 11 is 14.9. The molecule has 0 saturated carbocycles. The van der Waals surface area contributed by atoms with Crippen LogP contribution in [0.2, 0.25) is 10.0 Å². The molecule has 140 valence electrons. The van der Waals surface area contributed by atoms with Gasteiger partial charge in [-0.2, -0.15) is 9.98 Å². The van der Waals surface area contributed by atoms with Gasteiger partial charge in [-0.1, -0.05) is 39.1 Å². The van der Waals surface area contributed by atoms with E-state index in [4.69, 9.17) is 34.2 Å². The number of esters is 1. The molecule has 0 saturated heterocycles. The standard InChI is InChI=1S/C14H12BrCl2N3O5S/c1-7(19)9(4-18)12(21)6-25-13(22)5-20-26(23,24)14-10(16)2-8(15)3-11(14)17/h2-3,20H,5-6,19H2,1H3/b9-7-. The van der Waals surface area contributed by atoms with Crippen molar-refractivity contribution in [2.45, 2.75) is 11.8 Å². The summed E-state index contributed by atoms with van der Waals surface area (Å²) in [4.78, 5) is 22.9. The number of ketones is 1. The average Bonchev–Trinajstić information content (AvgIpc) is 2.50. The van der Waals surface area contributed by atoms with Gasteiger partial charge in [-0.05, 0) is 19.1 Å². The van der Waals surface area contributed by atoms with Crippen molar-refractivity contribution in [2.75, 3.05) is 13.2 Å². The van der Waals surface area contributed by atoms with Gasteiger partial charge in [0.25, 0.3) is 0 Å². The average molecular weight is 485 g/mol. The van der Waals surface area contributed by atoms with E-state index >= 15 is 0 Å². The first kappa shape index (κ1) is 22.4. The molecular formula is C14H12BrCl2N3O5S. The van der Waals surface area contributed by atoms with Crippen molar-refractivity contribution in [3.63, 3.8) is 0 Å². The molecule has 3 N–H and O–H groups in total. The lowest BCUT2D eigenvalue weighted by atomic mass is 10.1. The Balaban J connectivity index is 2.75. The molecule has 0 aliphatic heterocycles. The van der Waals surface area contributed by atoms with Gasteiger partial charge in [0.15, 0.2) is 6.61 Å². The Hall–Kier alpha value is -1.64. The Morgan fingerprint density at radius 3 is 2.35 bits per heavy atom. The molecule has 0 radical (unpaired) electrons. The number of nitriles is 1. The molecule has 1 aromatic carbocycles. The lowest BCUT2D eigenvalue weighted by molar-refractivity contribution is -0.145. The molecule has 1 rings (SSSR count). The van der Waals surface area contributed by atoms with Crippen molar-refractivity contribution < 1.29 is 22.7 Å². The Labute approximate surface area is 168 Å². The number of ether oxygens (including phenoxy) is 1. The molecule has 12 heteroatoms. The third-order valence-corrected chi connectivity index (χ3v) is 5.57. The van der Waals surface area contributed by atoms with Crippen molar-refractivity contribution in [3.05, 3.63) is 37.9 Å². The van der Waals surface area contributed by atoms with Crippen LogP contribution in [0.3, 0.4) is 0 Å². The first-order valence-electron chi connectivity index (χ1n) is 6.69. The zero-order valence-electron chi connectivity index (χ0n) is 13.2. The van der Waals surface area contributed by atoms with E-state index < -0.39 is 39.8 Å². The van der Waals surface area contributed by atoms with Gasteiger partial charge < -0.3 is 10.5 Å². The monoisotopic (exact) mass is 483 g/mol. The summed E-state index contributed by atoms with van der Waals surface area (Å²) in [7, 11) is -4.21. The number of rotatable bonds is 7. The van der Waals surface area contributed by atoms with Gasteiger partial charge in [0.05, 0.1) is 10.0 Å². The fraction of sp³-hybridized carbons (Fsp3) is 0.214. The SMILES string of the molecule is C/C(N)=C(\C#N)C(=O)COC(=O)CNS(=O)(=O)c1c(Cl)cc(Br)cc1Cl. The number of Topliss-reactive ketones (excluding diaryl/α,β-unsaturated/α-hetero) is 1. The molecule has 0 atom stereocenters. The molecule has 0 unspecified atom stereocenters. The fourth-order valence-corrected chi connectivity index (χ4v) is 4.55. The highest BCUT2D eigenvalue weighted by Crippen LogP contribution is 2.32. The molecule has 0 fully saturated rings. The van der Waals surface area contributed by atoms with Crippen molar-refractivity contribution in [2.24, 2.45) is 5.73 Å². The van der Waals surface area contributed by atoms with Crippen LogP contribution in [-0.4, -0.2) is 33.3 Å². The zero-order valence-corrected chi connectivity index (χ0v) is 17.1. The van der Waals surface area contributed by atoms with Gasteiger partial charge in [-0.15, -0.1) is 0 Å². The fourth-order valence-electron chi connectivity index (χ4n) is 1.65. The highest BCUT2D eigenvalue weighted by Gasteiger charge is 2.24. The van der Waals surface area contributed by atoms with Gasteiger partial charge in [0.1, 0.15) is 23.1 Å². The summed E-state index contributed by atoms with van der Waals surface area (Å²) in [5.74, 6) is -1.85. The number of nitrogens with two attached hydrogens (primary N) is 1. The van der Waals surface area contributed by atoms with E-state index in [2.05, 4.69) is 20.7 Å². The molecule has 0 aromatic heterocycles. The number of sulfonamides is 1. The van der Waals surface area contributed by atoms with Crippen LogP contribution in [0.15, 0.2) is 32.8 Å². The predicted molar refractivity (Wildman–Crippen MR) is 97.8 cm³/mol. The van der Waals surface area contributed by atoms with Crippen molar-refractivity contribution in [1.29, 1.82) is 5.26 Å². The number of carbonyl (C=O) groups is 2. The number of nitrogens with one attached hydrogen (secondary N) is 1. The van der Waals surface area contributed by atoms with Crippen molar-refractivity contribution in [3.8, 4) is 6.07 Å². The third-order valence-electron chi connectivity index (χ3n) is 2.79. The summed E-state index contributed by atoms with van der Waals surface area (Å²) in [6.07, 6.45) is 0. The predicted octanol–water partition coefficient (Wildman–Crippen LogP) is 1.90. The second kappa shape index (κ2) is 9.34. The number of carbonyl (C=O) groups excluding carboxylic acids is 2. The largest absolute Gasteiger partial charge is 0.456 e. The molecule has 1 aromatic rings. The second-order valence-electron chi connectivity index (χ2n) is 4.78. The highest BCUT2D eigenvalue weighted by molar-refractivity contribution is 9.10. The number of nitrogens with zero attached hydrogens (tertiary/aromatic N) is 1. The van der Waals surface area contributed by atoms with Gasteiger partial charge in [-0.3, -0.25) is 9.59 Å². The van der Waals surface area contributed by atoms with Crippen LogP contribution in [0.1, 0.15) is 6.92 Å². The van der Waals surface area contributed by atoms with E-state index in [-0.39, 0.29) is 21.3 Å². The van der Waals surface area contributed by atoms with E-state index in [9.17, 15) is 18.0 Å². The smallest absolute Gasteiger partial charge is 0.321 e. The van der Waals surface area contributed by atoms with Crippen LogP contribution in [0.5, 0.6) is 0 Å². The number of benzene rings is 1. The summed E-state index contributed by atoms with van der Waals surface area (Å²) in [5.41, 5.74) is 4.99. The Bertz CT molecular complexity index is 898. The normalized spacial score (nSPS) is 12.1. The van der Waals surface area contributed by atoms with Crippen LogP contribution in [0, 0.1) is 11.3 Å². The molecule has 0 heterocycles. The molecule has 0 bridgehead atoms. The summed E-state index contributed by atoms with van der Waals surface area (Å²) in [5, 5.41) is 8.47. The van der Waals surface area contributed by atoms with Gasteiger partial charge in [0, 0.05) is 10.2 Å². The topological polar surface area (TPSA) is 139 Å². The van der Waals surface area contributed by atoms with Gasteiger partial charge in [-0.25, -0.2) is 8.42 Å². The lowest BCUT2D eigenvalue weighted by Gasteiger charge is -2.10. The minimum atomic E-state index is -4.21. The molecule has 26 heavy (non-hydrogen) atoms. The van der Waals surface area contributed by atoms with E-state index in [1.54, 1.807) is 6.07 Å². The van der Waals surface area contributed by atoms with Gasteiger partial charge in [0.2, 0.25) is 15.8 Å². The maximum atomic E-state index is 12.2. The third kappa shape index (κ3) is 5.96. The summed E-state index contributed by atoms with van der Waals surface area (Å²) in [6, 6.07) is 4.24. The summed E-state index contributed by atoms with van der Waals surface area (Å²) < 4.78 is 31.5. The van der Waals surface area contributed by atoms with E-state index in [0.717, 1.165) is 0 Å². The maximum Gasteiger partial charge on any atom is 0.321 e.